The van der Waals surface area contributed by atoms with Gasteiger partial charge in [-0.1, -0.05) is 12.5 Å². The van der Waals surface area contributed by atoms with Crippen LogP contribution in [-0.2, 0) is 49.6 Å². The zero-order chi connectivity index (χ0) is 54.6. The molecule has 1 saturated heterocycles. The molecular formula is C44H78N18O11. The van der Waals surface area contributed by atoms with Crippen LogP contribution in [0.1, 0.15) is 90.2 Å². The first-order chi connectivity index (χ1) is 34.6. The van der Waals surface area contributed by atoms with E-state index in [1.807, 2.05) is 0 Å². The molecule has 0 unspecified atom stereocenters. The number of guanidine groups is 1. The molecule has 29 heteroatoms. The van der Waals surface area contributed by atoms with Crippen molar-refractivity contribution >= 4 is 59.2 Å². The number of likely N-dealkylation sites (tertiary alicyclic amines) is 1. The highest BCUT2D eigenvalue weighted by molar-refractivity contribution is 5.99. The fraction of sp³-hybridized carbons (Fsp3) is 0.659. The second-order valence-electron chi connectivity index (χ2n) is 17.7. The number of nitrogens with two attached hydrogens (primary N) is 7. The van der Waals surface area contributed by atoms with E-state index < -0.39 is 126 Å². The monoisotopic (exact) mass is 1030 g/mol. The molecule has 410 valence electrons. The first kappa shape index (κ1) is 62.3. The maximum absolute atomic E-state index is 14.2. The fourth-order valence-corrected chi connectivity index (χ4v) is 7.44. The molecule has 1 aliphatic heterocycles. The molecule has 1 aliphatic rings. The molecule has 2 heterocycles. The van der Waals surface area contributed by atoms with Crippen molar-refractivity contribution in [1.29, 1.82) is 0 Å². The second kappa shape index (κ2) is 33.0. The number of nitrogens with zero attached hydrogens (tertiary/aromatic N) is 3. The third kappa shape index (κ3) is 22.7. The van der Waals surface area contributed by atoms with Gasteiger partial charge in [-0.25, -0.2) is 9.78 Å². The predicted molar refractivity (Wildman–Crippen MR) is 266 cm³/mol. The van der Waals surface area contributed by atoms with Gasteiger partial charge in [-0.05, 0) is 91.1 Å². The van der Waals surface area contributed by atoms with E-state index >= 15 is 0 Å². The Hall–Kier alpha value is -6.79. The molecule has 1 fully saturated rings. The number of aromatic nitrogens is 2. The molecule has 2 rings (SSSR count). The first-order valence-corrected chi connectivity index (χ1v) is 24.3. The lowest BCUT2D eigenvalue weighted by molar-refractivity contribution is -0.142. The van der Waals surface area contributed by atoms with Crippen LogP contribution in [0.2, 0.25) is 0 Å². The van der Waals surface area contributed by atoms with Crippen LogP contribution in [0.4, 0.5) is 0 Å². The summed E-state index contributed by atoms with van der Waals surface area (Å²) in [5.41, 5.74) is 39.3. The van der Waals surface area contributed by atoms with Crippen LogP contribution >= 0.6 is 0 Å². The smallest absolute Gasteiger partial charge is 0.352 e. The Labute approximate surface area is 423 Å². The molecule has 1 aromatic rings. The van der Waals surface area contributed by atoms with Gasteiger partial charge in [0.25, 0.3) is 0 Å². The molecule has 9 atom stereocenters. The lowest BCUT2D eigenvalue weighted by atomic mass is 10.0. The van der Waals surface area contributed by atoms with Gasteiger partial charge in [-0.2, -0.15) is 0 Å². The molecule has 8 amide bonds. The number of nitrogens with one attached hydrogen (secondary N) is 8. The molecule has 0 saturated carbocycles. The van der Waals surface area contributed by atoms with Crippen molar-refractivity contribution in [3.05, 3.63) is 30.0 Å². The van der Waals surface area contributed by atoms with Crippen molar-refractivity contribution in [2.75, 3.05) is 39.3 Å². The number of amides is 8. The molecular weight excluding hydrogens is 957 g/mol. The number of aliphatic hydroxyl groups excluding tert-OH is 1. The molecule has 0 bridgehead atoms. The normalized spacial score (nSPS) is 16.7. The number of aromatic amines is 1. The molecule has 73 heavy (non-hydrogen) atoms. The zero-order valence-electron chi connectivity index (χ0n) is 41.6. The molecule has 0 aromatic carbocycles. The van der Waals surface area contributed by atoms with Crippen molar-refractivity contribution in [3.8, 4) is 0 Å². The summed E-state index contributed by atoms with van der Waals surface area (Å²) >= 11 is 0. The maximum Gasteiger partial charge on any atom is 0.352 e. The number of unbranched alkanes of at least 4 members (excludes halogenated alkanes) is 2. The third-order valence-electron chi connectivity index (χ3n) is 11.5. The van der Waals surface area contributed by atoms with E-state index in [9.17, 15) is 53.4 Å². The van der Waals surface area contributed by atoms with Gasteiger partial charge in [0.05, 0.1) is 25.0 Å². The summed E-state index contributed by atoms with van der Waals surface area (Å²) in [5.74, 6) is -8.01. The average molecular weight is 1040 g/mol. The summed E-state index contributed by atoms with van der Waals surface area (Å²) < 4.78 is 0. The number of rotatable bonds is 34. The van der Waals surface area contributed by atoms with Crippen LogP contribution in [0, 0.1) is 0 Å². The number of hydrogen-bond donors (Lipinski definition) is 17. The van der Waals surface area contributed by atoms with Crippen LogP contribution in [0.25, 0.3) is 0 Å². The van der Waals surface area contributed by atoms with Gasteiger partial charge < -0.3 is 97.5 Å². The summed E-state index contributed by atoms with van der Waals surface area (Å²) in [6.07, 6.45) is 5.55. The summed E-state index contributed by atoms with van der Waals surface area (Å²) in [4.78, 5) is 132. The van der Waals surface area contributed by atoms with Crippen molar-refractivity contribution in [2.24, 2.45) is 45.1 Å². The lowest BCUT2D eigenvalue weighted by Gasteiger charge is -2.30. The Morgan fingerprint density at radius 3 is 2.11 bits per heavy atom. The number of hydrogen-bond acceptors (Lipinski definition) is 17. The lowest BCUT2D eigenvalue weighted by Crippen LogP contribution is -2.60. The number of aliphatic imine (C=N–C) groups is 1. The number of imidazole rings is 1. The van der Waals surface area contributed by atoms with E-state index in [0.29, 0.717) is 44.3 Å². The van der Waals surface area contributed by atoms with E-state index in [2.05, 4.69) is 52.2 Å². The minimum atomic E-state index is -1.56. The number of carboxylic acids is 1. The number of aliphatic hydroxyl groups is 1. The third-order valence-corrected chi connectivity index (χ3v) is 11.5. The van der Waals surface area contributed by atoms with Gasteiger partial charge >= 0.3 is 5.97 Å². The number of carbonyl (C=O) groups is 9. The van der Waals surface area contributed by atoms with Crippen LogP contribution in [0.5, 0.6) is 0 Å². The maximum atomic E-state index is 14.2. The first-order valence-electron chi connectivity index (χ1n) is 24.3. The van der Waals surface area contributed by atoms with Crippen molar-refractivity contribution in [3.63, 3.8) is 0 Å². The SMILES string of the molecule is C[C@H](N)CC[C@@H](NC(=O)CNC(=O)[C@H](C)NC(=O)[C@@H](NC(=O)[C@@H](N)CCCCN)[C@@H](O)CN)C(=O)N1CCC[C@H]1C(=O)N[C@@H](Cc1cnc[nH]1)C(=O)N[C@@H](CCCCN)C(=O)N/C(=C\CCN=C(N)N)C(=O)O. The molecule has 0 spiro atoms. The quantitative estimate of drug-likeness (QED) is 0.0132. The van der Waals surface area contributed by atoms with E-state index in [1.54, 1.807) is 6.92 Å². The van der Waals surface area contributed by atoms with Gasteiger partial charge in [-0.15, -0.1) is 0 Å². The number of H-pyrrole nitrogens is 1. The summed E-state index contributed by atoms with van der Waals surface area (Å²) in [5, 5.41) is 37.6. The summed E-state index contributed by atoms with van der Waals surface area (Å²) in [6, 6.07) is -9.24. The van der Waals surface area contributed by atoms with Crippen LogP contribution in [-0.4, -0.2) is 178 Å². The van der Waals surface area contributed by atoms with Gasteiger partial charge in [0.15, 0.2) is 5.96 Å². The van der Waals surface area contributed by atoms with Gasteiger partial charge in [0.2, 0.25) is 47.3 Å². The fourth-order valence-electron chi connectivity index (χ4n) is 7.44. The largest absolute Gasteiger partial charge is 0.477 e. The van der Waals surface area contributed by atoms with Gasteiger partial charge in [0, 0.05) is 44.0 Å². The van der Waals surface area contributed by atoms with Gasteiger partial charge in [0.1, 0.15) is 41.9 Å². The highest BCUT2D eigenvalue weighted by Crippen LogP contribution is 2.21. The number of carboxylic acid groups (broad SMARTS) is 1. The highest BCUT2D eigenvalue weighted by Gasteiger charge is 2.40. The highest BCUT2D eigenvalue weighted by atomic mass is 16.4. The van der Waals surface area contributed by atoms with E-state index in [4.69, 9.17) is 40.1 Å². The van der Waals surface area contributed by atoms with Gasteiger partial charge in [-0.3, -0.25) is 43.3 Å². The second-order valence-corrected chi connectivity index (χ2v) is 17.7. The Kier molecular flexibility index (Phi) is 28.2. The summed E-state index contributed by atoms with van der Waals surface area (Å²) in [7, 11) is 0. The van der Waals surface area contributed by atoms with E-state index in [-0.39, 0.29) is 70.5 Å². The topological polar surface area (TPSA) is 505 Å². The molecule has 0 radical (unpaired) electrons. The molecule has 0 aliphatic carbocycles. The van der Waals surface area contributed by atoms with Crippen LogP contribution in [0.3, 0.4) is 0 Å². The Balaban J connectivity index is 2.23. The number of aliphatic carboxylic acids is 1. The number of carbonyl (C=O) groups excluding carboxylic acids is 8. The molecule has 1 aromatic heterocycles. The van der Waals surface area contributed by atoms with Crippen LogP contribution in [0.15, 0.2) is 29.3 Å². The van der Waals surface area contributed by atoms with Crippen molar-refractivity contribution < 1.29 is 53.4 Å². The standard InChI is InChI=1S/C44H78N18O11/c1-24(48)13-14-29(57-34(64)22-54-36(65)25(2)56-41(70)35(33(63)20-47)61-37(66)27(49)9-3-5-15-45)42(71)62-18-8-12-32(62)40(69)60-31(19-26-21-52-23-55-26)39(68)58-28(10-4-6-16-46)38(67)59-30(43(72)73)11-7-17-53-44(50)51/h11,21,23-25,27-29,31-33,35,63H,3-10,12-20,22,45-49H2,1-2H3,(H,52,55)(H,54,65)(H,56,70)(H,57,64)(H,58,68)(H,59,67)(H,60,69)(H,61,66)(H,72,73)(H4,50,51,53)/b30-11-/t24-,25-,27-,28-,29+,31-,32-,33-,35-/m0/s1. The van der Waals surface area contributed by atoms with E-state index in [1.165, 1.54) is 30.4 Å². The molecule has 24 N–H and O–H groups in total. The van der Waals surface area contributed by atoms with E-state index in [0.717, 1.165) is 0 Å². The average Bonchev–Trinajstić information content (AvgIpc) is 4.06. The molecule has 29 nitrogen and oxygen atoms in total. The zero-order valence-corrected chi connectivity index (χ0v) is 41.6. The Morgan fingerprint density at radius 2 is 1.51 bits per heavy atom. The predicted octanol–water partition coefficient (Wildman–Crippen LogP) is -6.72. The minimum Gasteiger partial charge on any atom is -0.477 e. The Morgan fingerprint density at radius 1 is 0.822 bits per heavy atom. The van der Waals surface area contributed by atoms with Crippen molar-refractivity contribution in [2.45, 2.75) is 145 Å². The van der Waals surface area contributed by atoms with Crippen molar-refractivity contribution in [1.82, 2.24) is 52.1 Å². The Bertz CT molecular complexity index is 2030. The van der Waals surface area contributed by atoms with Crippen LogP contribution < -0.4 is 77.4 Å². The summed E-state index contributed by atoms with van der Waals surface area (Å²) in [6.45, 7) is 2.73. The minimum absolute atomic E-state index is 0.0360.